The second-order valence-electron chi connectivity index (χ2n) is 3.23. The molecule has 0 saturated heterocycles. The van der Waals surface area contributed by atoms with Crippen LogP contribution in [0.25, 0.3) is 0 Å². The van der Waals surface area contributed by atoms with Gasteiger partial charge in [-0.15, -0.1) is 0 Å². The number of alkyl halides is 2. The van der Waals surface area contributed by atoms with E-state index in [-0.39, 0.29) is 0 Å². The first-order valence-electron chi connectivity index (χ1n) is 3.92. The van der Waals surface area contributed by atoms with E-state index in [1.54, 1.807) is 24.3 Å². The van der Waals surface area contributed by atoms with Gasteiger partial charge >= 0.3 is 0 Å². The number of halogens is 3. The monoisotopic (exact) mass is 247 g/mol. The molecule has 1 saturated carbocycles. The molecule has 1 fully saturated rings. The summed E-state index contributed by atoms with van der Waals surface area (Å²) in [7, 11) is 0. The summed E-state index contributed by atoms with van der Waals surface area (Å²) in [4.78, 5) is 0. The van der Waals surface area contributed by atoms with E-state index in [0.29, 0.717) is 5.56 Å². The Hall–Kier alpha value is -0.480. The van der Waals surface area contributed by atoms with Crippen molar-refractivity contribution in [3.05, 3.63) is 34.3 Å². The molecule has 0 bridgehead atoms. The van der Waals surface area contributed by atoms with Crippen molar-refractivity contribution in [2.75, 3.05) is 0 Å². The Morgan fingerprint density at radius 2 is 1.69 bits per heavy atom. The molecule has 0 radical (unpaired) electrons. The van der Waals surface area contributed by atoms with Gasteiger partial charge in [0.25, 0.3) is 5.92 Å². The van der Waals surface area contributed by atoms with Crippen molar-refractivity contribution in [1.29, 1.82) is 0 Å². The van der Waals surface area contributed by atoms with Crippen LogP contribution in [0.5, 0.6) is 0 Å². The molecular formula is C9H8BrF2N. The minimum absolute atomic E-state index is 0.612. The molecule has 0 aromatic heterocycles. The van der Waals surface area contributed by atoms with E-state index >= 15 is 0 Å². The molecule has 70 valence electrons. The van der Waals surface area contributed by atoms with Crippen molar-refractivity contribution in [3.8, 4) is 0 Å². The Morgan fingerprint density at radius 3 is 2.08 bits per heavy atom. The second-order valence-corrected chi connectivity index (χ2v) is 4.15. The minimum Gasteiger partial charge on any atom is -0.322 e. The van der Waals surface area contributed by atoms with Crippen LogP contribution in [0.4, 0.5) is 8.78 Å². The summed E-state index contributed by atoms with van der Waals surface area (Å²) >= 11 is 3.24. The van der Waals surface area contributed by atoms with Crippen LogP contribution in [0.1, 0.15) is 11.5 Å². The number of benzene rings is 1. The molecular weight excluding hydrogens is 240 g/mol. The molecule has 0 unspecified atom stereocenters. The quantitative estimate of drug-likeness (QED) is 0.811. The standard InChI is InChI=1S/C9H8BrF2N/c10-6-3-1-5(2-4-6)7-8(13)9(7,11)12/h1-4,7-8H,13H2/t7-,8-/m1/s1. The fourth-order valence-electron chi connectivity index (χ4n) is 1.45. The van der Waals surface area contributed by atoms with E-state index in [4.69, 9.17) is 5.73 Å². The van der Waals surface area contributed by atoms with Gasteiger partial charge in [-0.05, 0) is 17.7 Å². The van der Waals surface area contributed by atoms with Crippen LogP contribution >= 0.6 is 15.9 Å². The average molecular weight is 248 g/mol. The second kappa shape index (κ2) is 2.75. The maximum Gasteiger partial charge on any atom is 0.272 e. The normalized spacial score (nSPS) is 30.2. The van der Waals surface area contributed by atoms with E-state index in [9.17, 15) is 8.78 Å². The predicted octanol–water partition coefficient (Wildman–Crippen LogP) is 2.51. The van der Waals surface area contributed by atoms with Gasteiger partial charge in [0.05, 0.1) is 12.0 Å². The molecule has 1 aromatic rings. The fourth-order valence-corrected chi connectivity index (χ4v) is 1.71. The lowest BCUT2D eigenvalue weighted by Gasteiger charge is -1.97. The maximum absolute atomic E-state index is 12.8. The van der Waals surface area contributed by atoms with E-state index in [2.05, 4.69) is 15.9 Å². The Kier molecular flexibility index (Phi) is 1.92. The highest BCUT2D eigenvalue weighted by molar-refractivity contribution is 9.10. The largest absolute Gasteiger partial charge is 0.322 e. The van der Waals surface area contributed by atoms with Gasteiger partial charge in [0.15, 0.2) is 0 Å². The van der Waals surface area contributed by atoms with Crippen LogP contribution < -0.4 is 5.73 Å². The molecule has 2 atom stereocenters. The van der Waals surface area contributed by atoms with Gasteiger partial charge in [-0.1, -0.05) is 28.1 Å². The molecule has 4 heteroatoms. The molecule has 0 heterocycles. The van der Waals surface area contributed by atoms with E-state index in [0.717, 1.165) is 4.47 Å². The SMILES string of the molecule is N[C@@H]1[C@@H](c2ccc(Br)cc2)C1(F)F. The third kappa shape index (κ3) is 1.38. The summed E-state index contributed by atoms with van der Waals surface area (Å²) in [5, 5.41) is 0. The van der Waals surface area contributed by atoms with Gasteiger partial charge in [0.1, 0.15) is 0 Å². The van der Waals surface area contributed by atoms with Gasteiger partial charge in [-0.2, -0.15) is 0 Å². The molecule has 2 rings (SSSR count). The maximum atomic E-state index is 12.8. The van der Waals surface area contributed by atoms with Crippen LogP contribution in [-0.4, -0.2) is 12.0 Å². The molecule has 2 N–H and O–H groups in total. The van der Waals surface area contributed by atoms with E-state index in [1.165, 1.54) is 0 Å². The lowest BCUT2D eigenvalue weighted by atomic mass is 10.1. The smallest absolute Gasteiger partial charge is 0.272 e. The third-order valence-corrected chi connectivity index (χ3v) is 2.87. The zero-order chi connectivity index (χ0) is 9.64. The molecule has 1 nitrogen and oxygen atoms in total. The summed E-state index contributed by atoms with van der Waals surface area (Å²) < 4.78 is 26.6. The van der Waals surface area contributed by atoms with Crippen molar-refractivity contribution in [2.24, 2.45) is 5.73 Å². The van der Waals surface area contributed by atoms with Gasteiger partial charge in [0, 0.05) is 4.47 Å². The van der Waals surface area contributed by atoms with Crippen molar-refractivity contribution >= 4 is 15.9 Å². The Labute approximate surface area is 83.1 Å². The number of nitrogens with two attached hydrogens (primary N) is 1. The van der Waals surface area contributed by atoms with Crippen molar-refractivity contribution in [2.45, 2.75) is 17.9 Å². The Balaban J connectivity index is 2.25. The zero-order valence-corrected chi connectivity index (χ0v) is 8.26. The lowest BCUT2D eigenvalue weighted by molar-refractivity contribution is 0.105. The summed E-state index contributed by atoms with van der Waals surface area (Å²) in [6, 6.07) is 5.84. The summed E-state index contributed by atoms with van der Waals surface area (Å²) in [5.74, 6) is -3.51. The van der Waals surface area contributed by atoms with Crippen molar-refractivity contribution in [1.82, 2.24) is 0 Å². The number of hydrogen-bond donors (Lipinski definition) is 1. The Bertz CT molecular complexity index is 323. The number of rotatable bonds is 1. The first kappa shape index (κ1) is 9.09. The van der Waals surface area contributed by atoms with Gasteiger partial charge < -0.3 is 5.73 Å². The van der Waals surface area contributed by atoms with Gasteiger partial charge in [-0.3, -0.25) is 0 Å². The zero-order valence-electron chi connectivity index (χ0n) is 6.68. The summed E-state index contributed by atoms with van der Waals surface area (Å²) in [5.41, 5.74) is 5.86. The highest BCUT2D eigenvalue weighted by Crippen LogP contribution is 2.54. The van der Waals surface area contributed by atoms with Gasteiger partial charge in [0.2, 0.25) is 0 Å². The first-order chi connectivity index (χ1) is 6.03. The Morgan fingerprint density at radius 1 is 1.23 bits per heavy atom. The van der Waals surface area contributed by atoms with Gasteiger partial charge in [-0.25, -0.2) is 8.78 Å². The van der Waals surface area contributed by atoms with Crippen LogP contribution in [0, 0.1) is 0 Å². The topological polar surface area (TPSA) is 26.0 Å². The molecule has 0 aliphatic heterocycles. The van der Waals surface area contributed by atoms with E-state index < -0.39 is 17.9 Å². The van der Waals surface area contributed by atoms with Crippen molar-refractivity contribution in [3.63, 3.8) is 0 Å². The van der Waals surface area contributed by atoms with E-state index in [1.807, 2.05) is 0 Å². The highest BCUT2D eigenvalue weighted by atomic mass is 79.9. The van der Waals surface area contributed by atoms with Crippen molar-refractivity contribution < 1.29 is 8.78 Å². The molecule has 1 aromatic carbocycles. The van der Waals surface area contributed by atoms with Crippen LogP contribution in [0.2, 0.25) is 0 Å². The average Bonchev–Trinajstić information content (AvgIpc) is 2.55. The summed E-state index contributed by atoms with van der Waals surface area (Å²) in [6.07, 6.45) is 0. The fraction of sp³-hybridized carbons (Fsp3) is 0.333. The molecule has 13 heavy (non-hydrogen) atoms. The molecule has 0 amide bonds. The highest BCUT2D eigenvalue weighted by Gasteiger charge is 2.66. The third-order valence-electron chi connectivity index (χ3n) is 2.34. The first-order valence-corrected chi connectivity index (χ1v) is 4.71. The summed E-state index contributed by atoms with van der Waals surface area (Å²) in [6.45, 7) is 0. The lowest BCUT2D eigenvalue weighted by Crippen LogP contribution is -2.08. The van der Waals surface area contributed by atoms with Crippen LogP contribution in [-0.2, 0) is 0 Å². The molecule has 0 spiro atoms. The number of hydrogen-bond acceptors (Lipinski definition) is 1. The van der Waals surface area contributed by atoms with Crippen LogP contribution in [0.3, 0.4) is 0 Å². The molecule has 1 aliphatic carbocycles. The molecule has 1 aliphatic rings. The minimum atomic E-state index is -2.71. The van der Waals surface area contributed by atoms with Crippen LogP contribution in [0.15, 0.2) is 28.7 Å². The predicted molar refractivity (Wildman–Crippen MR) is 49.8 cm³/mol.